The van der Waals surface area contributed by atoms with Crippen LogP contribution in [-0.4, -0.2) is 9.97 Å². The number of rotatable bonds is 4. The first-order valence-corrected chi connectivity index (χ1v) is 7.28. The molecule has 4 N–H and O–H groups in total. The Labute approximate surface area is 131 Å². The lowest BCUT2D eigenvalue weighted by molar-refractivity contribution is 0.932. The van der Waals surface area contributed by atoms with Gasteiger partial charge in [-0.1, -0.05) is 18.5 Å². The number of nitrogens with two attached hydrogens (primary N) is 1. The third-order valence-electron chi connectivity index (χ3n) is 2.83. The van der Waals surface area contributed by atoms with Crippen molar-refractivity contribution < 1.29 is 0 Å². The van der Waals surface area contributed by atoms with Gasteiger partial charge in [-0.2, -0.15) is 0 Å². The molecule has 0 bridgehead atoms. The largest absolute Gasteiger partial charge is 0.340 e. The van der Waals surface area contributed by atoms with Crippen LogP contribution in [0.5, 0.6) is 0 Å². The lowest BCUT2D eigenvalue weighted by atomic mass is 10.2. The number of hydrazine groups is 1. The minimum absolute atomic E-state index is 0.618. The third-order valence-corrected chi connectivity index (χ3v) is 4.04. The maximum atomic E-state index is 5.98. The highest BCUT2D eigenvalue weighted by Crippen LogP contribution is 2.28. The maximum Gasteiger partial charge on any atom is 0.148 e. The van der Waals surface area contributed by atoms with Crippen LogP contribution in [0.2, 0.25) is 5.02 Å². The number of nitrogens with one attached hydrogen (secondary N) is 2. The molecule has 20 heavy (non-hydrogen) atoms. The molecule has 0 spiro atoms. The van der Waals surface area contributed by atoms with Gasteiger partial charge in [-0.15, -0.1) is 0 Å². The lowest BCUT2D eigenvalue weighted by Crippen LogP contribution is -2.13. The maximum absolute atomic E-state index is 5.98. The zero-order valence-corrected chi connectivity index (χ0v) is 13.5. The van der Waals surface area contributed by atoms with Gasteiger partial charge in [0.2, 0.25) is 0 Å². The van der Waals surface area contributed by atoms with E-state index in [9.17, 15) is 0 Å². The van der Waals surface area contributed by atoms with Crippen molar-refractivity contribution in [1.82, 2.24) is 9.97 Å². The molecule has 1 aromatic heterocycles. The zero-order valence-electron chi connectivity index (χ0n) is 11.2. The Kier molecular flexibility index (Phi) is 4.80. The van der Waals surface area contributed by atoms with Crippen LogP contribution in [-0.2, 0) is 6.42 Å². The molecule has 0 aliphatic rings. The Balaban J connectivity index is 2.39. The fourth-order valence-electron chi connectivity index (χ4n) is 1.69. The highest BCUT2D eigenvalue weighted by molar-refractivity contribution is 9.10. The van der Waals surface area contributed by atoms with Crippen molar-refractivity contribution in [3.05, 3.63) is 39.1 Å². The summed E-state index contributed by atoms with van der Waals surface area (Å²) >= 11 is 9.38. The molecule has 0 atom stereocenters. The SMILES string of the molecule is CCc1nc(NN)c(C)c(Nc2ccc(Cl)c(Br)c2)n1. The summed E-state index contributed by atoms with van der Waals surface area (Å²) in [6, 6.07) is 5.59. The zero-order chi connectivity index (χ0) is 14.7. The molecule has 0 aliphatic carbocycles. The van der Waals surface area contributed by atoms with E-state index in [2.05, 4.69) is 36.6 Å². The quantitative estimate of drug-likeness (QED) is 0.574. The van der Waals surface area contributed by atoms with Crippen LogP contribution in [0.25, 0.3) is 0 Å². The first-order valence-electron chi connectivity index (χ1n) is 6.11. The molecule has 0 amide bonds. The summed E-state index contributed by atoms with van der Waals surface area (Å²) in [6.45, 7) is 3.90. The monoisotopic (exact) mass is 355 g/mol. The van der Waals surface area contributed by atoms with E-state index in [-0.39, 0.29) is 0 Å². The van der Waals surface area contributed by atoms with E-state index >= 15 is 0 Å². The van der Waals surface area contributed by atoms with Gasteiger partial charge >= 0.3 is 0 Å². The predicted octanol–water partition coefficient (Wildman–Crippen LogP) is 3.79. The third kappa shape index (κ3) is 3.20. The van der Waals surface area contributed by atoms with Crippen molar-refractivity contribution in [2.75, 3.05) is 10.7 Å². The number of benzene rings is 1. The van der Waals surface area contributed by atoms with Crippen LogP contribution in [0.3, 0.4) is 0 Å². The van der Waals surface area contributed by atoms with Crippen molar-refractivity contribution in [3.63, 3.8) is 0 Å². The molecular formula is C13H15BrClN5. The summed E-state index contributed by atoms with van der Waals surface area (Å²) in [5.74, 6) is 7.55. The Morgan fingerprint density at radius 1 is 1.30 bits per heavy atom. The fourth-order valence-corrected chi connectivity index (χ4v) is 2.19. The average Bonchev–Trinajstić information content (AvgIpc) is 2.45. The van der Waals surface area contributed by atoms with Crippen LogP contribution in [0.15, 0.2) is 22.7 Å². The Morgan fingerprint density at radius 2 is 2.00 bits per heavy atom. The summed E-state index contributed by atoms with van der Waals surface area (Å²) in [7, 11) is 0. The Morgan fingerprint density at radius 3 is 2.60 bits per heavy atom. The summed E-state index contributed by atoms with van der Waals surface area (Å²) in [5, 5.41) is 3.92. The van der Waals surface area contributed by atoms with Gasteiger partial charge in [-0.25, -0.2) is 15.8 Å². The van der Waals surface area contributed by atoms with Crippen molar-refractivity contribution in [3.8, 4) is 0 Å². The predicted molar refractivity (Wildman–Crippen MR) is 86.4 cm³/mol. The number of nitrogens with zero attached hydrogens (tertiary/aromatic N) is 2. The second kappa shape index (κ2) is 6.39. The van der Waals surface area contributed by atoms with Crippen molar-refractivity contribution in [2.24, 2.45) is 5.84 Å². The van der Waals surface area contributed by atoms with E-state index in [1.165, 1.54) is 0 Å². The second-order valence-electron chi connectivity index (χ2n) is 4.21. The number of aromatic nitrogens is 2. The molecule has 2 aromatic rings. The van der Waals surface area contributed by atoms with Gasteiger partial charge in [0.25, 0.3) is 0 Å². The lowest BCUT2D eigenvalue weighted by Gasteiger charge is -2.13. The molecule has 0 saturated carbocycles. The fraction of sp³-hybridized carbons (Fsp3) is 0.231. The summed E-state index contributed by atoms with van der Waals surface area (Å²) in [4.78, 5) is 8.81. The van der Waals surface area contributed by atoms with Crippen LogP contribution in [0.1, 0.15) is 18.3 Å². The second-order valence-corrected chi connectivity index (χ2v) is 5.48. The molecule has 0 fully saturated rings. The molecule has 0 aliphatic heterocycles. The van der Waals surface area contributed by atoms with E-state index < -0.39 is 0 Å². The number of anilines is 3. The number of hydrogen-bond acceptors (Lipinski definition) is 5. The van der Waals surface area contributed by atoms with Gasteiger partial charge in [-0.3, -0.25) is 0 Å². The van der Waals surface area contributed by atoms with Crippen LogP contribution in [0.4, 0.5) is 17.3 Å². The summed E-state index contributed by atoms with van der Waals surface area (Å²) < 4.78 is 0.823. The summed E-state index contributed by atoms with van der Waals surface area (Å²) in [5.41, 5.74) is 4.33. The highest BCUT2D eigenvalue weighted by atomic mass is 79.9. The molecule has 1 aromatic carbocycles. The molecule has 7 heteroatoms. The molecule has 5 nitrogen and oxygen atoms in total. The van der Waals surface area contributed by atoms with Crippen molar-refractivity contribution in [1.29, 1.82) is 0 Å². The van der Waals surface area contributed by atoms with Gasteiger partial charge in [0, 0.05) is 22.1 Å². The minimum atomic E-state index is 0.618. The Bertz CT molecular complexity index is 632. The average molecular weight is 357 g/mol. The Hall–Kier alpha value is -1.37. The van der Waals surface area contributed by atoms with E-state index in [4.69, 9.17) is 17.4 Å². The highest BCUT2D eigenvalue weighted by Gasteiger charge is 2.10. The molecule has 0 unspecified atom stereocenters. The van der Waals surface area contributed by atoms with E-state index in [1.54, 1.807) is 0 Å². The summed E-state index contributed by atoms with van der Waals surface area (Å²) in [6.07, 6.45) is 0.730. The molecule has 0 saturated heterocycles. The molecular weight excluding hydrogens is 342 g/mol. The smallest absolute Gasteiger partial charge is 0.148 e. The van der Waals surface area contributed by atoms with Crippen LogP contribution < -0.4 is 16.6 Å². The van der Waals surface area contributed by atoms with Gasteiger partial charge in [0.05, 0.1) is 5.02 Å². The van der Waals surface area contributed by atoms with E-state index in [0.717, 1.165) is 33.8 Å². The van der Waals surface area contributed by atoms with Crippen LogP contribution in [0, 0.1) is 6.92 Å². The normalized spacial score (nSPS) is 10.4. The molecule has 1 heterocycles. The molecule has 2 rings (SSSR count). The number of aryl methyl sites for hydroxylation is 1. The molecule has 0 radical (unpaired) electrons. The first kappa shape index (κ1) is 15.0. The van der Waals surface area contributed by atoms with Gasteiger partial charge in [0.1, 0.15) is 17.5 Å². The first-order chi connectivity index (χ1) is 9.55. The van der Waals surface area contributed by atoms with Gasteiger partial charge in [-0.05, 0) is 41.1 Å². The number of halogens is 2. The number of nitrogen functional groups attached to an aromatic ring is 1. The van der Waals surface area contributed by atoms with Crippen molar-refractivity contribution >= 4 is 44.9 Å². The van der Waals surface area contributed by atoms with Crippen LogP contribution >= 0.6 is 27.5 Å². The van der Waals surface area contributed by atoms with Gasteiger partial charge in [0.15, 0.2) is 0 Å². The minimum Gasteiger partial charge on any atom is -0.340 e. The topological polar surface area (TPSA) is 75.9 Å². The van der Waals surface area contributed by atoms with Gasteiger partial charge < -0.3 is 10.7 Å². The number of hydrogen-bond donors (Lipinski definition) is 3. The molecule has 106 valence electrons. The standard InChI is InChI=1S/C13H15BrClN5/c1-3-11-18-12(7(2)13(19-11)20-16)17-8-4-5-10(15)9(14)6-8/h4-6H,3,16H2,1-2H3,(H2,17,18,19,20). The van der Waals surface area contributed by atoms with Crippen molar-refractivity contribution in [2.45, 2.75) is 20.3 Å². The van der Waals surface area contributed by atoms with E-state index in [1.807, 2.05) is 32.0 Å². The van der Waals surface area contributed by atoms with E-state index in [0.29, 0.717) is 10.8 Å².